The molecule has 0 atom stereocenters. The van der Waals surface area contributed by atoms with Gasteiger partial charge in [-0.1, -0.05) is 18.2 Å². The van der Waals surface area contributed by atoms with Gasteiger partial charge in [0, 0.05) is 11.4 Å². The van der Waals surface area contributed by atoms with Gasteiger partial charge in [0.1, 0.15) is 5.75 Å². The number of benzene rings is 2. The van der Waals surface area contributed by atoms with Gasteiger partial charge in [0.05, 0.1) is 17.4 Å². The van der Waals surface area contributed by atoms with Crippen molar-refractivity contribution in [2.24, 2.45) is 0 Å². The third kappa shape index (κ3) is 4.10. The van der Waals surface area contributed by atoms with E-state index in [1.54, 1.807) is 56.5 Å². The zero-order valence-electron chi connectivity index (χ0n) is 11.9. The Labute approximate surface area is 125 Å². The molecule has 2 aromatic rings. The Bertz CT molecular complexity index is 720. The number of ether oxygens (including phenoxy) is 1. The van der Waals surface area contributed by atoms with Gasteiger partial charge in [0.15, 0.2) is 0 Å². The number of hydrogen-bond donors (Lipinski definition) is 1. The van der Waals surface area contributed by atoms with Crippen LogP contribution in [0.5, 0.6) is 5.75 Å². The molecular weight excluding hydrogens is 286 g/mol. The van der Waals surface area contributed by atoms with E-state index in [2.05, 4.69) is 5.32 Å². The number of nitrogens with one attached hydrogen (secondary N) is 1. The smallest absolute Gasteiger partial charge is 0.201 e. The van der Waals surface area contributed by atoms with Gasteiger partial charge in [0.2, 0.25) is 9.84 Å². The Morgan fingerprint density at radius 1 is 1.05 bits per heavy atom. The van der Waals surface area contributed by atoms with Crippen LogP contribution in [0.15, 0.2) is 70.6 Å². The predicted octanol–water partition coefficient (Wildman–Crippen LogP) is 3.44. The van der Waals surface area contributed by atoms with Gasteiger partial charge < -0.3 is 10.1 Å². The van der Waals surface area contributed by atoms with Crippen molar-refractivity contribution in [3.05, 3.63) is 65.7 Å². The van der Waals surface area contributed by atoms with Gasteiger partial charge >= 0.3 is 0 Å². The summed E-state index contributed by atoms with van der Waals surface area (Å²) in [7, 11) is -1.84. The minimum atomic E-state index is -3.44. The summed E-state index contributed by atoms with van der Waals surface area (Å²) in [5.41, 5.74) is 1.34. The maximum atomic E-state index is 12.2. The molecule has 0 unspecified atom stereocenters. The monoisotopic (exact) mass is 303 g/mol. The molecule has 0 aliphatic rings. The molecule has 0 fully saturated rings. The van der Waals surface area contributed by atoms with E-state index in [4.69, 9.17) is 4.74 Å². The first-order valence-electron chi connectivity index (χ1n) is 6.41. The quantitative estimate of drug-likeness (QED) is 0.919. The van der Waals surface area contributed by atoms with E-state index in [0.717, 1.165) is 11.4 Å². The number of sulfone groups is 1. The third-order valence-electron chi connectivity index (χ3n) is 2.84. The van der Waals surface area contributed by atoms with Crippen LogP contribution in [-0.2, 0) is 9.84 Å². The van der Waals surface area contributed by atoms with Crippen LogP contribution in [0.1, 0.15) is 6.92 Å². The zero-order chi connectivity index (χ0) is 15.3. The molecule has 2 aromatic carbocycles. The van der Waals surface area contributed by atoms with Gasteiger partial charge in [-0.25, -0.2) is 8.42 Å². The van der Waals surface area contributed by atoms with Crippen molar-refractivity contribution < 1.29 is 13.2 Å². The van der Waals surface area contributed by atoms with Crippen molar-refractivity contribution in [2.75, 3.05) is 12.4 Å². The van der Waals surface area contributed by atoms with Gasteiger partial charge in [-0.05, 0) is 43.3 Å². The van der Waals surface area contributed by atoms with E-state index < -0.39 is 9.84 Å². The van der Waals surface area contributed by atoms with Crippen LogP contribution in [0.3, 0.4) is 0 Å². The Kier molecular flexibility index (Phi) is 4.65. The van der Waals surface area contributed by atoms with Crippen molar-refractivity contribution in [3.8, 4) is 5.75 Å². The van der Waals surface area contributed by atoms with E-state index in [1.807, 2.05) is 12.1 Å². The van der Waals surface area contributed by atoms with Gasteiger partial charge in [-0.3, -0.25) is 0 Å². The maximum absolute atomic E-state index is 12.2. The fraction of sp³-hybridized carbons (Fsp3) is 0.125. The Balaban J connectivity index is 2.17. The largest absolute Gasteiger partial charge is 0.497 e. The second-order valence-corrected chi connectivity index (χ2v) is 6.31. The molecule has 0 saturated heterocycles. The van der Waals surface area contributed by atoms with Gasteiger partial charge in [-0.15, -0.1) is 0 Å². The molecule has 110 valence electrons. The van der Waals surface area contributed by atoms with Crippen molar-refractivity contribution >= 4 is 15.5 Å². The number of rotatable bonds is 5. The molecular formula is C16H17NO3S. The lowest BCUT2D eigenvalue weighted by Crippen LogP contribution is -2.02. The summed E-state index contributed by atoms with van der Waals surface area (Å²) >= 11 is 0. The first-order chi connectivity index (χ1) is 10.0. The van der Waals surface area contributed by atoms with E-state index in [-0.39, 0.29) is 4.90 Å². The second-order valence-electron chi connectivity index (χ2n) is 4.51. The summed E-state index contributed by atoms with van der Waals surface area (Å²) < 4.78 is 29.5. The highest BCUT2D eigenvalue weighted by molar-refractivity contribution is 7.94. The first-order valence-corrected chi connectivity index (χ1v) is 7.95. The molecule has 0 amide bonds. The number of anilines is 1. The van der Waals surface area contributed by atoms with Crippen LogP contribution in [-0.4, -0.2) is 15.5 Å². The van der Waals surface area contributed by atoms with Crippen LogP contribution < -0.4 is 10.1 Å². The van der Waals surface area contributed by atoms with Crippen LogP contribution in [0, 0.1) is 0 Å². The second kappa shape index (κ2) is 6.45. The molecule has 0 heterocycles. The van der Waals surface area contributed by atoms with Crippen molar-refractivity contribution in [1.82, 2.24) is 0 Å². The van der Waals surface area contributed by atoms with E-state index in [0.29, 0.717) is 5.70 Å². The summed E-state index contributed by atoms with van der Waals surface area (Å²) in [5.74, 6) is 0.749. The van der Waals surface area contributed by atoms with Crippen molar-refractivity contribution in [1.29, 1.82) is 0 Å². The van der Waals surface area contributed by atoms with Gasteiger partial charge in [-0.2, -0.15) is 0 Å². The molecule has 4 nitrogen and oxygen atoms in total. The Morgan fingerprint density at radius 2 is 1.67 bits per heavy atom. The molecule has 0 bridgehead atoms. The van der Waals surface area contributed by atoms with E-state index >= 15 is 0 Å². The third-order valence-corrected chi connectivity index (χ3v) is 4.43. The summed E-state index contributed by atoms with van der Waals surface area (Å²) in [4.78, 5) is 0.279. The standard InChI is InChI=1S/C16H17NO3S/c1-13(17-14-8-10-15(20-2)11-9-14)12-21(18,19)16-6-4-3-5-7-16/h3-12,17H,1-2H3/b13-12+. The summed E-state index contributed by atoms with van der Waals surface area (Å²) in [6, 6.07) is 15.6. The van der Waals surface area contributed by atoms with Gasteiger partial charge in [0.25, 0.3) is 0 Å². The summed E-state index contributed by atoms with van der Waals surface area (Å²) in [5, 5.41) is 4.27. The lowest BCUT2D eigenvalue weighted by atomic mass is 10.3. The first kappa shape index (κ1) is 15.1. The molecule has 1 N–H and O–H groups in total. The van der Waals surface area contributed by atoms with Crippen LogP contribution in [0.4, 0.5) is 5.69 Å². The lowest BCUT2D eigenvalue weighted by molar-refractivity contribution is 0.415. The topological polar surface area (TPSA) is 55.4 Å². The van der Waals surface area contributed by atoms with Crippen LogP contribution in [0.25, 0.3) is 0 Å². The minimum Gasteiger partial charge on any atom is -0.497 e. The number of hydrogen-bond acceptors (Lipinski definition) is 4. The molecule has 0 aliphatic heterocycles. The fourth-order valence-corrected chi connectivity index (χ4v) is 3.04. The molecule has 21 heavy (non-hydrogen) atoms. The normalized spacial score (nSPS) is 12.0. The maximum Gasteiger partial charge on any atom is 0.201 e. The molecule has 0 aliphatic carbocycles. The summed E-state index contributed by atoms with van der Waals surface area (Å²) in [6.45, 7) is 1.71. The van der Waals surface area contributed by atoms with Crippen molar-refractivity contribution in [3.63, 3.8) is 0 Å². The Hall–Kier alpha value is -2.27. The van der Waals surface area contributed by atoms with E-state index in [9.17, 15) is 8.42 Å². The molecule has 0 aromatic heterocycles. The molecule has 0 saturated carbocycles. The lowest BCUT2D eigenvalue weighted by Gasteiger charge is -2.08. The fourth-order valence-electron chi connectivity index (χ4n) is 1.84. The molecule has 0 radical (unpaired) electrons. The van der Waals surface area contributed by atoms with Crippen LogP contribution >= 0.6 is 0 Å². The Morgan fingerprint density at radius 3 is 2.24 bits per heavy atom. The average Bonchev–Trinajstić information content (AvgIpc) is 2.48. The zero-order valence-corrected chi connectivity index (χ0v) is 12.7. The van der Waals surface area contributed by atoms with Crippen molar-refractivity contribution in [2.45, 2.75) is 11.8 Å². The highest BCUT2D eigenvalue weighted by atomic mass is 32.2. The average molecular weight is 303 g/mol. The predicted molar refractivity (Wildman–Crippen MR) is 84.0 cm³/mol. The summed E-state index contributed by atoms with van der Waals surface area (Å²) in [6.07, 6.45) is 0. The highest BCUT2D eigenvalue weighted by Gasteiger charge is 2.10. The highest BCUT2D eigenvalue weighted by Crippen LogP contribution is 2.18. The molecule has 0 spiro atoms. The number of methoxy groups -OCH3 is 1. The van der Waals surface area contributed by atoms with Crippen LogP contribution in [0.2, 0.25) is 0 Å². The number of allylic oxidation sites excluding steroid dienone is 1. The molecule has 2 rings (SSSR count). The molecule has 5 heteroatoms. The minimum absolute atomic E-state index is 0.279. The van der Waals surface area contributed by atoms with E-state index in [1.165, 1.54) is 5.41 Å². The SMILES string of the molecule is COc1ccc(N/C(C)=C/S(=O)(=O)c2ccccc2)cc1.